The smallest absolute Gasteiger partial charge is 0.220 e. The number of benzene rings is 1. The number of nitrogens with one attached hydrogen (secondary N) is 1. The Morgan fingerprint density at radius 2 is 2.13 bits per heavy atom. The number of para-hydroxylation sites is 1. The van der Waals surface area contributed by atoms with Gasteiger partial charge < -0.3 is 10.2 Å². The molecule has 0 unspecified atom stereocenters. The number of likely N-dealkylation sites (tertiary alicyclic amines) is 1. The molecule has 1 N–H and O–H groups in total. The number of amides is 1. The molecule has 1 aliphatic heterocycles. The van der Waals surface area contributed by atoms with Gasteiger partial charge >= 0.3 is 0 Å². The average molecular weight is 331 g/mol. The van der Waals surface area contributed by atoms with Crippen LogP contribution >= 0.6 is 11.3 Å². The predicted molar refractivity (Wildman–Crippen MR) is 95.8 cm³/mol. The molecular weight excluding hydrogens is 306 g/mol. The van der Waals surface area contributed by atoms with E-state index in [0.717, 1.165) is 42.9 Å². The summed E-state index contributed by atoms with van der Waals surface area (Å²) >= 11 is 1.69. The Kier molecular flexibility index (Phi) is 5.62. The lowest BCUT2D eigenvalue weighted by atomic mass is 10.0. The van der Waals surface area contributed by atoms with Crippen LogP contribution in [0, 0.1) is 0 Å². The first kappa shape index (κ1) is 16.4. The normalized spacial score (nSPS) is 16.7. The second-order valence-corrected chi connectivity index (χ2v) is 7.37. The molecule has 2 heterocycles. The number of fused-ring (bicyclic) bond motifs is 1. The topological polar surface area (TPSA) is 45.2 Å². The van der Waals surface area contributed by atoms with Crippen molar-refractivity contribution in [2.45, 2.75) is 45.1 Å². The number of carbonyl (C=O) groups excluding carboxylic acids is 1. The van der Waals surface area contributed by atoms with Crippen LogP contribution in [0.15, 0.2) is 24.3 Å². The average Bonchev–Trinajstić information content (AvgIpc) is 2.98. The molecule has 4 nitrogen and oxygen atoms in total. The van der Waals surface area contributed by atoms with Crippen molar-refractivity contribution in [1.82, 2.24) is 15.2 Å². The van der Waals surface area contributed by atoms with Gasteiger partial charge in [0.25, 0.3) is 0 Å². The second kappa shape index (κ2) is 7.88. The van der Waals surface area contributed by atoms with Gasteiger partial charge in [0.05, 0.1) is 15.2 Å². The van der Waals surface area contributed by atoms with Gasteiger partial charge in [-0.3, -0.25) is 4.79 Å². The zero-order valence-electron chi connectivity index (χ0n) is 13.8. The highest BCUT2D eigenvalue weighted by Crippen LogP contribution is 2.22. The van der Waals surface area contributed by atoms with Crippen molar-refractivity contribution in [2.75, 3.05) is 19.6 Å². The summed E-state index contributed by atoms with van der Waals surface area (Å²) in [7, 11) is 0. The van der Waals surface area contributed by atoms with Crippen LogP contribution in [-0.2, 0) is 11.2 Å². The van der Waals surface area contributed by atoms with E-state index in [2.05, 4.69) is 28.2 Å². The molecule has 0 atom stereocenters. The van der Waals surface area contributed by atoms with Crippen LogP contribution in [0.25, 0.3) is 10.2 Å². The van der Waals surface area contributed by atoms with Gasteiger partial charge in [0.2, 0.25) is 5.91 Å². The molecule has 1 aliphatic rings. The summed E-state index contributed by atoms with van der Waals surface area (Å²) in [6, 6.07) is 8.50. The number of thiazole rings is 1. The number of hydrogen-bond acceptors (Lipinski definition) is 4. The van der Waals surface area contributed by atoms with Crippen molar-refractivity contribution in [2.24, 2.45) is 0 Å². The van der Waals surface area contributed by atoms with Gasteiger partial charge in [-0.15, -0.1) is 11.3 Å². The van der Waals surface area contributed by atoms with Crippen molar-refractivity contribution in [3.8, 4) is 0 Å². The van der Waals surface area contributed by atoms with E-state index in [4.69, 9.17) is 0 Å². The molecule has 1 saturated heterocycles. The summed E-state index contributed by atoms with van der Waals surface area (Å²) in [5, 5.41) is 4.25. The maximum absolute atomic E-state index is 12.2. The highest BCUT2D eigenvalue weighted by Gasteiger charge is 2.20. The molecule has 0 saturated carbocycles. The fraction of sp³-hybridized carbons (Fsp3) is 0.556. The van der Waals surface area contributed by atoms with E-state index < -0.39 is 0 Å². The van der Waals surface area contributed by atoms with E-state index in [1.54, 1.807) is 11.3 Å². The number of aromatic nitrogens is 1. The molecule has 124 valence electrons. The Bertz CT molecular complexity index is 614. The van der Waals surface area contributed by atoms with Gasteiger partial charge in [-0.2, -0.15) is 0 Å². The Morgan fingerprint density at radius 1 is 1.35 bits per heavy atom. The van der Waals surface area contributed by atoms with Gasteiger partial charge in [0.15, 0.2) is 0 Å². The maximum atomic E-state index is 12.2. The van der Waals surface area contributed by atoms with Crippen LogP contribution in [0.2, 0.25) is 0 Å². The maximum Gasteiger partial charge on any atom is 0.220 e. The number of aryl methyl sites for hydroxylation is 1. The SMILES string of the molecule is CCCN1CCC(NC(=O)CCc2nc3ccccc3s2)CC1. The van der Waals surface area contributed by atoms with Gasteiger partial charge in [-0.1, -0.05) is 19.1 Å². The Labute approximate surface area is 141 Å². The first-order chi connectivity index (χ1) is 11.2. The summed E-state index contributed by atoms with van der Waals surface area (Å²) in [4.78, 5) is 19.2. The minimum atomic E-state index is 0.165. The van der Waals surface area contributed by atoms with Gasteiger partial charge in [-0.25, -0.2) is 4.98 Å². The fourth-order valence-electron chi connectivity index (χ4n) is 3.16. The quantitative estimate of drug-likeness (QED) is 0.884. The first-order valence-electron chi connectivity index (χ1n) is 8.61. The number of piperidine rings is 1. The van der Waals surface area contributed by atoms with Crippen LogP contribution in [0.4, 0.5) is 0 Å². The lowest BCUT2D eigenvalue weighted by Gasteiger charge is -2.32. The van der Waals surface area contributed by atoms with Crippen molar-refractivity contribution in [3.05, 3.63) is 29.3 Å². The van der Waals surface area contributed by atoms with Crippen LogP contribution in [0.1, 0.15) is 37.6 Å². The predicted octanol–water partition coefficient (Wildman–Crippen LogP) is 3.22. The molecule has 23 heavy (non-hydrogen) atoms. The lowest BCUT2D eigenvalue weighted by Crippen LogP contribution is -2.44. The fourth-order valence-corrected chi connectivity index (χ4v) is 4.13. The monoisotopic (exact) mass is 331 g/mol. The molecular formula is C18H25N3OS. The minimum Gasteiger partial charge on any atom is -0.353 e. The van der Waals surface area contributed by atoms with Gasteiger partial charge in [0.1, 0.15) is 0 Å². The summed E-state index contributed by atoms with van der Waals surface area (Å²) in [5.41, 5.74) is 1.04. The van der Waals surface area contributed by atoms with Gasteiger partial charge in [0, 0.05) is 32.0 Å². The Balaban J connectivity index is 1.43. The highest BCUT2D eigenvalue weighted by atomic mass is 32.1. The number of hydrogen-bond donors (Lipinski definition) is 1. The molecule has 0 aliphatic carbocycles. The van der Waals surface area contributed by atoms with Crippen molar-refractivity contribution in [1.29, 1.82) is 0 Å². The lowest BCUT2D eigenvalue weighted by molar-refractivity contribution is -0.122. The number of rotatable bonds is 6. The number of carbonyl (C=O) groups is 1. The van der Waals surface area contributed by atoms with Crippen molar-refractivity contribution in [3.63, 3.8) is 0 Å². The third kappa shape index (κ3) is 4.52. The molecule has 1 aromatic carbocycles. The third-order valence-electron chi connectivity index (χ3n) is 4.40. The van der Waals surface area contributed by atoms with Crippen molar-refractivity contribution < 1.29 is 4.79 Å². The zero-order chi connectivity index (χ0) is 16.1. The van der Waals surface area contributed by atoms with E-state index in [-0.39, 0.29) is 5.91 Å². The van der Waals surface area contributed by atoms with Crippen LogP contribution in [0.3, 0.4) is 0 Å². The molecule has 1 fully saturated rings. The summed E-state index contributed by atoms with van der Waals surface area (Å²) in [6.07, 6.45) is 4.63. The van der Waals surface area contributed by atoms with Gasteiger partial charge in [-0.05, 0) is 37.9 Å². The van der Waals surface area contributed by atoms with Crippen LogP contribution in [0.5, 0.6) is 0 Å². The third-order valence-corrected chi connectivity index (χ3v) is 5.49. The molecule has 3 rings (SSSR count). The summed E-state index contributed by atoms with van der Waals surface area (Å²) in [6.45, 7) is 5.61. The van der Waals surface area contributed by atoms with Crippen LogP contribution < -0.4 is 5.32 Å². The first-order valence-corrected chi connectivity index (χ1v) is 9.42. The molecule has 0 radical (unpaired) electrons. The summed E-state index contributed by atoms with van der Waals surface area (Å²) < 4.78 is 1.20. The summed E-state index contributed by atoms with van der Waals surface area (Å²) in [5.74, 6) is 0.165. The largest absolute Gasteiger partial charge is 0.353 e. The van der Waals surface area contributed by atoms with E-state index in [0.29, 0.717) is 12.5 Å². The molecule has 1 amide bonds. The van der Waals surface area contributed by atoms with E-state index >= 15 is 0 Å². The Morgan fingerprint density at radius 3 is 2.87 bits per heavy atom. The minimum absolute atomic E-state index is 0.165. The van der Waals surface area contributed by atoms with Crippen molar-refractivity contribution >= 4 is 27.5 Å². The highest BCUT2D eigenvalue weighted by molar-refractivity contribution is 7.18. The van der Waals surface area contributed by atoms with E-state index in [1.165, 1.54) is 17.7 Å². The molecule has 0 bridgehead atoms. The van der Waals surface area contributed by atoms with Crippen LogP contribution in [-0.4, -0.2) is 41.5 Å². The standard InChI is InChI=1S/C18H25N3OS/c1-2-11-21-12-9-14(10-13-21)19-17(22)7-8-18-20-15-5-3-4-6-16(15)23-18/h3-6,14H,2,7-13H2,1H3,(H,19,22). The molecule has 0 spiro atoms. The molecule has 1 aromatic heterocycles. The Hall–Kier alpha value is -1.46. The zero-order valence-corrected chi connectivity index (χ0v) is 14.6. The number of nitrogens with zero attached hydrogens (tertiary/aromatic N) is 2. The van der Waals surface area contributed by atoms with E-state index in [9.17, 15) is 4.79 Å². The molecule has 5 heteroatoms. The van der Waals surface area contributed by atoms with E-state index in [1.807, 2.05) is 18.2 Å². The second-order valence-electron chi connectivity index (χ2n) is 6.26. The molecule has 2 aromatic rings.